The lowest BCUT2D eigenvalue weighted by molar-refractivity contribution is -0.143. The van der Waals surface area contributed by atoms with E-state index in [9.17, 15) is 23.9 Å². The van der Waals surface area contributed by atoms with E-state index in [0.29, 0.717) is 35.7 Å². The van der Waals surface area contributed by atoms with Crippen molar-refractivity contribution in [1.82, 2.24) is 10.2 Å². The average Bonchev–Trinajstić information content (AvgIpc) is 3.55. The maximum atomic E-state index is 14.5. The summed E-state index contributed by atoms with van der Waals surface area (Å²) in [5.41, 5.74) is 4.33. The van der Waals surface area contributed by atoms with Crippen LogP contribution in [0, 0.1) is 17.7 Å². The van der Waals surface area contributed by atoms with Crippen LogP contribution < -0.4 is 15.4 Å². The predicted molar refractivity (Wildman–Crippen MR) is 150 cm³/mol. The largest absolute Gasteiger partial charge is 0.494 e. The number of carbonyl (C=O) groups excluding carboxylic acids is 2. The Labute approximate surface area is 237 Å². The van der Waals surface area contributed by atoms with Crippen LogP contribution in [-0.4, -0.2) is 41.4 Å². The minimum Gasteiger partial charge on any atom is -0.494 e. The highest BCUT2D eigenvalue weighted by atomic mass is 19.1. The number of hydrogen-bond donors (Lipinski definition) is 3. The zero-order valence-electron chi connectivity index (χ0n) is 22.7. The molecule has 9 heteroatoms. The summed E-state index contributed by atoms with van der Waals surface area (Å²) >= 11 is 0. The first-order valence-corrected chi connectivity index (χ1v) is 14.0. The molecule has 0 unspecified atom stereocenters. The Morgan fingerprint density at radius 3 is 2.68 bits per heavy atom. The van der Waals surface area contributed by atoms with Crippen LogP contribution in [-0.2, 0) is 22.6 Å². The molecule has 3 aromatic rings. The molecule has 2 heterocycles. The highest BCUT2D eigenvalue weighted by molar-refractivity contribution is 5.99. The minimum absolute atomic E-state index is 0.00778. The van der Waals surface area contributed by atoms with Gasteiger partial charge in [-0.1, -0.05) is 36.4 Å². The van der Waals surface area contributed by atoms with E-state index in [1.54, 1.807) is 17.0 Å². The Bertz CT molecular complexity index is 1520. The molecule has 0 bridgehead atoms. The van der Waals surface area contributed by atoms with Crippen molar-refractivity contribution >= 4 is 23.5 Å². The monoisotopic (exact) mass is 557 g/mol. The Morgan fingerprint density at radius 1 is 1.12 bits per heavy atom. The first kappa shape index (κ1) is 26.8. The number of rotatable bonds is 9. The van der Waals surface area contributed by atoms with E-state index in [1.165, 1.54) is 25.3 Å². The molecule has 3 atom stereocenters. The summed E-state index contributed by atoms with van der Waals surface area (Å²) in [6, 6.07) is 15.8. The van der Waals surface area contributed by atoms with Gasteiger partial charge in [-0.25, -0.2) is 4.39 Å². The first-order valence-electron chi connectivity index (χ1n) is 14.0. The van der Waals surface area contributed by atoms with E-state index in [0.717, 1.165) is 36.0 Å². The number of hydrogen-bond acceptors (Lipinski definition) is 5. The summed E-state index contributed by atoms with van der Waals surface area (Å²) in [5.74, 6) is -2.20. The molecule has 0 radical (unpaired) electrons. The van der Waals surface area contributed by atoms with Crippen molar-refractivity contribution in [2.75, 3.05) is 19.0 Å². The fourth-order valence-corrected chi connectivity index (χ4v) is 6.10. The van der Waals surface area contributed by atoms with Crippen molar-refractivity contribution in [3.8, 4) is 5.75 Å². The van der Waals surface area contributed by atoms with Crippen LogP contribution in [0.15, 0.2) is 60.7 Å². The summed E-state index contributed by atoms with van der Waals surface area (Å²) in [6.45, 7) is 0.708. The number of carboxylic acid groups (broad SMARTS) is 1. The Balaban J connectivity index is 1.40. The lowest BCUT2D eigenvalue weighted by atomic mass is 9.88. The molecule has 6 rings (SSSR count). The summed E-state index contributed by atoms with van der Waals surface area (Å²) in [7, 11) is 1.36. The van der Waals surface area contributed by atoms with Crippen LogP contribution in [0.1, 0.15) is 64.0 Å². The van der Waals surface area contributed by atoms with Crippen molar-refractivity contribution < 1.29 is 28.6 Å². The molecule has 1 saturated carbocycles. The summed E-state index contributed by atoms with van der Waals surface area (Å²) in [5, 5.41) is 16.2. The zero-order chi connectivity index (χ0) is 28.7. The quantitative estimate of drug-likeness (QED) is 0.347. The highest BCUT2D eigenvalue weighted by Crippen LogP contribution is 2.43. The number of ether oxygens (including phenoxy) is 1. The van der Waals surface area contributed by atoms with Crippen molar-refractivity contribution in [1.29, 1.82) is 0 Å². The van der Waals surface area contributed by atoms with Crippen LogP contribution in [0.3, 0.4) is 0 Å². The van der Waals surface area contributed by atoms with E-state index in [1.807, 2.05) is 30.3 Å². The molecule has 2 aliphatic heterocycles. The van der Waals surface area contributed by atoms with Gasteiger partial charge in [0, 0.05) is 24.3 Å². The second-order valence-electron chi connectivity index (χ2n) is 11.1. The van der Waals surface area contributed by atoms with Crippen LogP contribution in [0.4, 0.5) is 10.1 Å². The molecule has 3 aromatic carbocycles. The summed E-state index contributed by atoms with van der Waals surface area (Å²) < 4.78 is 19.6. The van der Waals surface area contributed by atoms with Crippen molar-refractivity contribution in [3.63, 3.8) is 0 Å². The number of amides is 2. The number of anilines is 1. The lowest BCUT2D eigenvalue weighted by Crippen LogP contribution is -2.39. The van der Waals surface area contributed by atoms with Gasteiger partial charge in [0.25, 0.3) is 5.91 Å². The van der Waals surface area contributed by atoms with E-state index < -0.39 is 29.8 Å². The van der Waals surface area contributed by atoms with E-state index >= 15 is 0 Å². The fourth-order valence-electron chi connectivity index (χ4n) is 6.10. The first-order chi connectivity index (χ1) is 19.8. The molecular weight excluding hydrogens is 525 g/mol. The van der Waals surface area contributed by atoms with Gasteiger partial charge < -0.3 is 25.4 Å². The van der Waals surface area contributed by atoms with E-state index in [4.69, 9.17) is 4.74 Å². The molecule has 212 valence electrons. The standard InChI is InChI=1S/C32H32FN3O5/c1-41-27-15-20(9-11-26(27)33)28(35-22-10-8-21-17-34-30(37)25(21)16-22)31(38)36-13-12-24(32(39)40)29(36)23-5-3-2-4-19(23)14-18-6-7-18/h2-5,8-11,15-16,18,24,28-29,35H,6-7,12-14,17H2,1H3,(H,34,37)(H,39,40)/t24-,28+,29-/m0/s1. The summed E-state index contributed by atoms with van der Waals surface area (Å²) in [4.78, 5) is 40.9. The molecule has 0 aromatic heterocycles. The molecule has 2 fully saturated rings. The molecule has 1 saturated heterocycles. The van der Waals surface area contributed by atoms with Crippen LogP contribution in [0.2, 0.25) is 0 Å². The number of fused-ring (bicyclic) bond motifs is 1. The maximum absolute atomic E-state index is 14.5. The lowest BCUT2D eigenvalue weighted by Gasteiger charge is -2.33. The van der Waals surface area contributed by atoms with Gasteiger partial charge >= 0.3 is 5.97 Å². The van der Waals surface area contributed by atoms with Gasteiger partial charge in [-0.15, -0.1) is 0 Å². The minimum atomic E-state index is -0.988. The molecule has 1 aliphatic carbocycles. The van der Waals surface area contributed by atoms with E-state index in [-0.39, 0.29) is 24.1 Å². The SMILES string of the molecule is COc1cc([C@@H](Nc2ccc3c(c2)C(=O)NC3)C(=O)N2CC[C@H](C(=O)O)[C@@H]2c2ccccc2CC2CC2)ccc1F. The van der Waals surface area contributed by atoms with Gasteiger partial charge in [-0.3, -0.25) is 14.4 Å². The van der Waals surface area contributed by atoms with Gasteiger partial charge in [0.15, 0.2) is 11.6 Å². The number of aliphatic carboxylic acids is 1. The molecular formula is C32H32FN3O5. The van der Waals surface area contributed by atoms with Gasteiger partial charge in [0.2, 0.25) is 5.91 Å². The number of carbonyl (C=O) groups is 3. The van der Waals surface area contributed by atoms with Gasteiger partial charge in [-0.05, 0) is 78.1 Å². The van der Waals surface area contributed by atoms with Gasteiger partial charge in [-0.2, -0.15) is 0 Å². The third-order valence-electron chi connectivity index (χ3n) is 8.44. The number of nitrogens with zero attached hydrogens (tertiary/aromatic N) is 1. The van der Waals surface area contributed by atoms with Crippen LogP contribution in [0.5, 0.6) is 5.75 Å². The normalized spacial score (nSPS) is 20.3. The summed E-state index contributed by atoms with van der Waals surface area (Å²) in [6.07, 6.45) is 3.49. The molecule has 2 amide bonds. The Hall–Kier alpha value is -4.40. The third-order valence-corrected chi connectivity index (χ3v) is 8.44. The average molecular weight is 558 g/mol. The topological polar surface area (TPSA) is 108 Å². The number of nitrogens with one attached hydrogen (secondary N) is 2. The Morgan fingerprint density at radius 2 is 1.93 bits per heavy atom. The van der Waals surface area contributed by atoms with Crippen molar-refractivity contribution in [2.45, 2.75) is 44.3 Å². The van der Waals surface area contributed by atoms with E-state index in [2.05, 4.69) is 10.6 Å². The van der Waals surface area contributed by atoms with Crippen molar-refractivity contribution in [2.24, 2.45) is 11.8 Å². The highest BCUT2D eigenvalue weighted by Gasteiger charge is 2.45. The zero-order valence-corrected chi connectivity index (χ0v) is 22.7. The second-order valence-corrected chi connectivity index (χ2v) is 11.1. The van der Waals surface area contributed by atoms with Gasteiger partial charge in [0.05, 0.1) is 19.1 Å². The molecule has 8 nitrogen and oxygen atoms in total. The number of benzene rings is 3. The number of methoxy groups -OCH3 is 1. The Kier molecular flexibility index (Phi) is 7.11. The van der Waals surface area contributed by atoms with Gasteiger partial charge in [0.1, 0.15) is 6.04 Å². The molecule has 0 spiro atoms. The number of halogens is 1. The molecule has 41 heavy (non-hydrogen) atoms. The molecule has 3 aliphatic rings. The van der Waals surface area contributed by atoms with Crippen LogP contribution in [0.25, 0.3) is 0 Å². The van der Waals surface area contributed by atoms with Crippen molar-refractivity contribution in [3.05, 3.63) is 94.3 Å². The third kappa shape index (κ3) is 5.24. The smallest absolute Gasteiger partial charge is 0.309 e. The van der Waals surface area contributed by atoms with Crippen LogP contribution >= 0.6 is 0 Å². The maximum Gasteiger partial charge on any atom is 0.309 e. The number of likely N-dealkylation sites (tertiary alicyclic amines) is 1. The second kappa shape index (κ2) is 10.9. The fraction of sp³-hybridized carbons (Fsp3) is 0.344. The molecule has 3 N–H and O–H groups in total. The number of carboxylic acids is 1. The predicted octanol–water partition coefficient (Wildman–Crippen LogP) is 4.86.